The molecular formula is C28H31Cl7FN4NaO5Os. The Balaban J connectivity index is 0. The van der Waals surface area contributed by atoms with Gasteiger partial charge >= 0.3 is 25.9 Å². The number of hydrogen-bond acceptors (Lipinski definition) is 9. The molecule has 0 saturated carbocycles. The summed E-state index contributed by atoms with van der Waals surface area (Å²) in [6.07, 6.45) is 3.30. The van der Waals surface area contributed by atoms with Crippen LogP contribution in [0.5, 0.6) is 17.6 Å². The van der Waals surface area contributed by atoms with Crippen LogP contribution in [0.15, 0.2) is 45.4 Å². The number of hydrogen-bond donors (Lipinski definition) is 0. The second-order valence-corrected chi connectivity index (χ2v) is 12.4. The summed E-state index contributed by atoms with van der Waals surface area (Å²) >= 11 is 40.3. The third-order valence-electron chi connectivity index (χ3n) is 4.89. The van der Waals surface area contributed by atoms with Crippen molar-refractivity contribution in [3.63, 3.8) is 0 Å². The molecular weight excluding hydrogens is 953 g/mol. The average Bonchev–Trinajstić information content (AvgIpc) is 3.67. The van der Waals surface area contributed by atoms with E-state index in [-0.39, 0.29) is 86.5 Å². The minimum absolute atomic E-state index is 0. The van der Waals surface area contributed by atoms with E-state index in [0.29, 0.717) is 37.4 Å². The van der Waals surface area contributed by atoms with Gasteiger partial charge in [0.2, 0.25) is 11.6 Å². The van der Waals surface area contributed by atoms with E-state index < -0.39 is 10.9 Å². The van der Waals surface area contributed by atoms with Crippen molar-refractivity contribution in [3.05, 3.63) is 81.0 Å². The Morgan fingerprint density at radius 3 is 1.72 bits per heavy atom. The summed E-state index contributed by atoms with van der Waals surface area (Å²) in [5, 5.41) is 9.23. The SMILES string of the molecule is CCC(C)Oc1nc(COc2ccc(Cl)cc2Cl)no1.Clc1ccc(OCc2noc(C(Cl)(Cl)Cl)n2)c(Cl)c1.[2H]CF.[CH2-]CCC.[Na].[Os+]. The number of aromatic nitrogens is 4. The van der Waals surface area contributed by atoms with Crippen LogP contribution < -0.4 is 14.2 Å². The van der Waals surface area contributed by atoms with Crippen molar-refractivity contribution in [1.82, 2.24) is 20.3 Å². The van der Waals surface area contributed by atoms with Crippen molar-refractivity contribution in [3.8, 4) is 17.6 Å². The molecule has 2 aromatic carbocycles. The van der Waals surface area contributed by atoms with Gasteiger partial charge in [-0.15, -0.1) is 0 Å². The fourth-order valence-corrected chi connectivity index (χ4v) is 3.65. The van der Waals surface area contributed by atoms with Gasteiger partial charge in [0.1, 0.15) is 17.6 Å². The standard InChI is InChI=1S/C13H14Cl2N2O3.C10H5Cl5N2O2.C4H9.CH3F.Na.Os/c1-3-8(2)19-13-16-12(17-20-13)7-18-11-5-4-9(14)6-10(11)15;11-5-1-2-7(6(12)3-5)18-4-8-16-9(19-17-8)10(13,14)15;1-3-4-2;1-2;;/h4-6,8H,3,7H2,1-2H3;1-3H,4H2;1,3-4H2,2H3;1H3;;/q;;-1;;;+1/i;;;1D;;. The molecule has 2 heterocycles. The summed E-state index contributed by atoms with van der Waals surface area (Å²) in [5.74, 6) is 1.43. The van der Waals surface area contributed by atoms with E-state index >= 15 is 0 Å². The van der Waals surface area contributed by atoms with Crippen LogP contribution in [0.2, 0.25) is 20.1 Å². The van der Waals surface area contributed by atoms with Crippen molar-refractivity contribution in [2.75, 3.05) is 7.15 Å². The van der Waals surface area contributed by atoms with Gasteiger partial charge in [-0.1, -0.05) is 112 Å². The van der Waals surface area contributed by atoms with E-state index in [1.807, 2.05) is 13.8 Å². The number of rotatable bonds is 10. The summed E-state index contributed by atoms with van der Waals surface area (Å²) in [6, 6.07) is 9.80. The van der Waals surface area contributed by atoms with Gasteiger partial charge in [-0.3, -0.25) is 8.91 Å². The van der Waals surface area contributed by atoms with Crippen LogP contribution in [-0.2, 0) is 36.8 Å². The topological polar surface area (TPSA) is 106 Å². The number of benzene rings is 2. The number of ether oxygens (including phenoxy) is 3. The molecule has 0 spiro atoms. The molecule has 2 radical (unpaired) electrons. The van der Waals surface area contributed by atoms with E-state index in [0.717, 1.165) is 12.8 Å². The Kier molecular flexibility index (Phi) is 26.4. The number of alkyl halides is 4. The van der Waals surface area contributed by atoms with Crippen LogP contribution in [0.3, 0.4) is 0 Å². The zero-order valence-corrected chi connectivity index (χ0v) is 35.5. The Labute approximate surface area is 345 Å². The van der Waals surface area contributed by atoms with Gasteiger partial charge < -0.3 is 25.7 Å². The first-order valence-corrected chi connectivity index (χ1v) is 15.6. The fraction of sp³-hybridized carbons (Fsp3) is 0.393. The molecule has 0 aliphatic heterocycles. The molecule has 0 bridgehead atoms. The molecule has 19 heteroatoms. The minimum Gasteiger partial charge on any atom is -0.484 e. The molecule has 9 nitrogen and oxygen atoms in total. The normalized spacial score (nSPS) is 10.9. The van der Waals surface area contributed by atoms with Crippen molar-refractivity contribution in [2.24, 2.45) is 0 Å². The Morgan fingerprint density at radius 2 is 1.34 bits per heavy atom. The molecule has 47 heavy (non-hydrogen) atoms. The molecule has 1 unspecified atom stereocenters. The molecule has 0 N–H and O–H groups in total. The average molecular weight is 985 g/mol. The van der Waals surface area contributed by atoms with E-state index in [1.54, 1.807) is 36.4 Å². The first-order chi connectivity index (χ1) is 21.8. The molecule has 0 amide bonds. The first-order valence-electron chi connectivity index (χ1n) is 13.7. The van der Waals surface area contributed by atoms with Crippen molar-refractivity contribution in [2.45, 2.75) is 63.1 Å². The zero-order valence-electron chi connectivity index (χ0n) is 26.7. The quantitative estimate of drug-likeness (QED) is 0.0872. The maximum absolute atomic E-state index is 9.96. The van der Waals surface area contributed by atoms with Gasteiger partial charge in [0, 0.05) is 39.6 Å². The van der Waals surface area contributed by atoms with Gasteiger partial charge in [0.25, 0.3) is 9.68 Å². The van der Waals surface area contributed by atoms with Crippen LogP contribution in [0.25, 0.3) is 0 Å². The fourth-order valence-electron chi connectivity index (χ4n) is 2.50. The summed E-state index contributed by atoms with van der Waals surface area (Å²) in [7, 11) is -1.00. The minimum atomic E-state index is -1.76. The van der Waals surface area contributed by atoms with Crippen LogP contribution >= 0.6 is 81.2 Å². The zero-order chi connectivity index (χ0) is 34.7. The van der Waals surface area contributed by atoms with E-state index in [9.17, 15) is 4.39 Å². The molecule has 1 atom stereocenters. The van der Waals surface area contributed by atoms with E-state index in [2.05, 4.69) is 34.1 Å². The first kappa shape index (κ1) is 46.7. The van der Waals surface area contributed by atoms with Gasteiger partial charge in [-0.25, -0.2) is 0 Å². The number of unbranched alkanes of at least 4 members (excludes halogenated alkanes) is 1. The second-order valence-electron chi connectivity index (χ2n) is 8.41. The number of halogens is 8. The Hall–Kier alpha value is -0.284. The predicted octanol–water partition coefficient (Wildman–Crippen LogP) is 10.7. The molecule has 258 valence electrons. The van der Waals surface area contributed by atoms with Crippen molar-refractivity contribution in [1.29, 1.82) is 0 Å². The molecule has 0 aliphatic rings. The van der Waals surface area contributed by atoms with Crippen molar-refractivity contribution >= 4 is 111 Å². The predicted molar refractivity (Wildman–Crippen MR) is 183 cm³/mol. The molecule has 0 fully saturated rings. The third-order valence-corrected chi connectivity index (χ3v) is 6.44. The van der Waals surface area contributed by atoms with E-state index in [1.165, 1.54) is 6.42 Å². The van der Waals surface area contributed by atoms with Crippen LogP contribution in [0.4, 0.5) is 4.39 Å². The van der Waals surface area contributed by atoms with Gasteiger partial charge in [-0.2, -0.15) is 16.4 Å². The van der Waals surface area contributed by atoms with E-state index in [4.69, 9.17) is 106 Å². The van der Waals surface area contributed by atoms with Crippen molar-refractivity contribution < 1.29 is 48.8 Å². The van der Waals surface area contributed by atoms with Gasteiger partial charge in [0.15, 0.2) is 13.2 Å². The van der Waals surface area contributed by atoms with Crippen LogP contribution in [0, 0.1) is 6.92 Å². The van der Waals surface area contributed by atoms with Gasteiger partial charge in [-0.05, 0) is 49.7 Å². The molecule has 0 saturated heterocycles. The third kappa shape index (κ3) is 19.6. The molecule has 0 aliphatic carbocycles. The molecule has 4 aromatic rings. The Bertz CT molecular complexity index is 1440. The number of nitrogens with zero attached hydrogens (tertiary/aromatic N) is 4. The maximum Gasteiger partial charge on any atom is 1.00 e. The van der Waals surface area contributed by atoms with Crippen LogP contribution in [-0.4, -0.2) is 63.1 Å². The summed E-state index contributed by atoms with van der Waals surface area (Å²) < 4.78 is 39.8. The smallest absolute Gasteiger partial charge is 0.484 e. The second kappa shape index (κ2) is 26.5. The Morgan fingerprint density at radius 1 is 0.894 bits per heavy atom. The monoisotopic (exact) mass is 983 g/mol. The largest absolute Gasteiger partial charge is 1.00 e. The summed E-state index contributed by atoms with van der Waals surface area (Å²) in [5.41, 5.74) is 0. The van der Waals surface area contributed by atoms with Gasteiger partial charge in [0.05, 0.1) is 18.6 Å². The summed E-state index contributed by atoms with van der Waals surface area (Å²) in [4.78, 5) is 7.94. The molecule has 2 aromatic heterocycles. The van der Waals surface area contributed by atoms with Crippen LogP contribution in [0.1, 0.15) is 58.9 Å². The molecule has 4 rings (SSSR count). The maximum atomic E-state index is 9.96. The summed E-state index contributed by atoms with van der Waals surface area (Å²) in [6.45, 7) is 9.81.